The molecular formula is C16H20N2O2. The lowest BCUT2D eigenvalue weighted by molar-refractivity contribution is -0.115. The molecule has 0 bridgehead atoms. The van der Waals surface area contributed by atoms with Crippen molar-refractivity contribution in [2.75, 3.05) is 11.9 Å². The summed E-state index contributed by atoms with van der Waals surface area (Å²) >= 11 is 0. The van der Waals surface area contributed by atoms with Gasteiger partial charge >= 0.3 is 0 Å². The van der Waals surface area contributed by atoms with Crippen molar-refractivity contribution in [1.82, 2.24) is 5.32 Å². The Labute approximate surface area is 118 Å². The van der Waals surface area contributed by atoms with Crippen LogP contribution in [0, 0.1) is 0 Å². The lowest BCUT2D eigenvalue weighted by Crippen LogP contribution is -2.41. The maximum atomic E-state index is 12.0. The van der Waals surface area contributed by atoms with Gasteiger partial charge in [-0.15, -0.1) is 0 Å². The topological polar surface area (TPSA) is 61.4 Å². The van der Waals surface area contributed by atoms with E-state index in [0.29, 0.717) is 5.69 Å². The molecule has 2 rings (SSSR count). The predicted molar refractivity (Wildman–Crippen MR) is 82.0 cm³/mol. The van der Waals surface area contributed by atoms with Crippen molar-refractivity contribution in [3.63, 3.8) is 0 Å². The van der Waals surface area contributed by atoms with Gasteiger partial charge < -0.3 is 15.7 Å². The molecule has 20 heavy (non-hydrogen) atoms. The highest BCUT2D eigenvalue weighted by atomic mass is 16.3. The van der Waals surface area contributed by atoms with Crippen molar-refractivity contribution >= 4 is 22.4 Å². The van der Waals surface area contributed by atoms with Crippen molar-refractivity contribution in [3.8, 4) is 5.75 Å². The van der Waals surface area contributed by atoms with E-state index in [2.05, 4.69) is 10.6 Å². The van der Waals surface area contributed by atoms with E-state index < -0.39 is 0 Å². The Hall–Kier alpha value is -2.07. The molecule has 0 saturated heterocycles. The first-order chi connectivity index (χ1) is 9.37. The number of carbonyl (C=O) groups excluding carboxylic acids is 1. The van der Waals surface area contributed by atoms with E-state index in [1.165, 1.54) is 0 Å². The Morgan fingerprint density at radius 1 is 1.10 bits per heavy atom. The number of amides is 1. The minimum absolute atomic E-state index is 0.101. The van der Waals surface area contributed by atoms with Crippen LogP contribution in [-0.4, -0.2) is 23.1 Å². The Kier molecular flexibility index (Phi) is 3.95. The monoisotopic (exact) mass is 272 g/mol. The molecular weight excluding hydrogens is 252 g/mol. The fourth-order valence-corrected chi connectivity index (χ4v) is 1.94. The van der Waals surface area contributed by atoms with Crippen LogP contribution >= 0.6 is 0 Å². The summed E-state index contributed by atoms with van der Waals surface area (Å²) in [5.41, 5.74) is 0.605. The molecule has 2 aromatic carbocycles. The molecule has 1 amide bonds. The molecule has 0 saturated carbocycles. The van der Waals surface area contributed by atoms with Crippen LogP contribution < -0.4 is 10.6 Å². The minimum Gasteiger partial charge on any atom is -0.507 e. The van der Waals surface area contributed by atoms with Gasteiger partial charge in [-0.3, -0.25) is 4.79 Å². The van der Waals surface area contributed by atoms with Crippen LogP contribution in [0.15, 0.2) is 36.4 Å². The zero-order chi connectivity index (χ0) is 14.8. The lowest BCUT2D eigenvalue weighted by atomic mass is 10.1. The number of phenolic OH excluding ortho intramolecular Hbond substituents is 1. The van der Waals surface area contributed by atoms with Crippen molar-refractivity contribution in [3.05, 3.63) is 36.4 Å². The molecule has 0 atom stereocenters. The van der Waals surface area contributed by atoms with Gasteiger partial charge in [0.2, 0.25) is 5.91 Å². The molecule has 0 aliphatic heterocycles. The van der Waals surface area contributed by atoms with Gasteiger partial charge in [-0.2, -0.15) is 0 Å². The number of carbonyl (C=O) groups is 1. The first-order valence-corrected chi connectivity index (χ1v) is 6.62. The number of phenols is 1. The largest absolute Gasteiger partial charge is 0.507 e. The highest BCUT2D eigenvalue weighted by Gasteiger charge is 2.12. The minimum atomic E-state index is -0.103. The molecule has 0 heterocycles. The molecule has 106 valence electrons. The molecule has 4 heteroatoms. The number of rotatable bonds is 3. The SMILES string of the molecule is CC(C)(C)NCC(=O)Nc1cccc2c(O)cccc12. The smallest absolute Gasteiger partial charge is 0.238 e. The highest BCUT2D eigenvalue weighted by molar-refractivity contribution is 6.04. The van der Waals surface area contributed by atoms with Gasteiger partial charge in [-0.05, 0) is 32.9 Å². The lowest BCUT2D eigenvalue weighted by Gasteiger charge is -2.20. The Morgan fingerprint density at radius 2 is 1.75 bits per heavy atom. The fourth-order valence-electron chi connectivity index (χ4n) is 1.94. The molecule has 0 radical (unpaired) electrons. The summed E-state index contributed by atoms with van der Waals surface area (Å²) in [4.78, 5) is 12.0. The summed E-state index contributed by atoms with van der Waals surface area (Å²) in [5.74, 6) is 0.113. The second kappa shape index (κ2) is 5.51. The average Bonchev–Trinajstić information content (AvgIpc) is 2.37. The summed E-state index contributed by atoms with van der Waals surface area (Å²) in [5, 5.41) is 17.4. The Balaban J connectivity index is 2.18. The van der Waals surface area contributed by atoms with E-state index >= 15 is 0 Å². The maximum Gasteiger partial charge on any atom is 0.238 e. The van der Waals surface area contributed by atoms with Gasteiger partial charge in [-0.25, -0.2) is 0 Å². The van der Waals surface area contributed by atoms with E-state index in [0.717, 1.165) is 10.8 Å². The predicted octanol–water partition coefficient (Wildman–Crippen LogP) is 2.87. The maximum absolute atomic E-state index is 12.0. The molecule has 2 aromatic rings. The first-order valence-electron chi connectivity index (χ1n) is 6.62. The molecule has 0 aliphatic rings. The summed E-state index contributed by atoms with van der Waals surface area (Å²) in [6.07, 6.45) is 0. The Bertz CT molecular complexity index is 630. The first kappa shape index (κ1) is 14.3. The van der Waals surface area contributed by atoms with Crippen LogP contribution in [0.5, 0.6) is 5.75 Å². The van der Waals surface area contributed by atoms with Crippen LogP contribution in [-0.2, 0) is 4.79 Å². The standard InChI is InChI=1S/C16H20N2O2/c1-16(2,3)17-10-15(20)18-13-8-4-7-12-11(13)6-5-9-14(12)19/h4-9,17,19H,10H2,1-3H3,(H,18,20). The fraction of sp³-hybridized carbons (Fsp3) is 0.312. The third kappa shape index (κ3) is 3.48. The van der Waals surface area contributed by atoms with Crippen LogP contribution in [0.4, 0.5) is 5.69 Å². The quantitative estimate of drug-likeness (QED) is 0.805. The van der Waals surface area contributed by atoms with Crippen LogP contribution in [0.2, 0.25) is 0 Å². The zero-order valence-electron chi connectivity index (χ0n) is 12.0. The molecule has 0 spiro atoms. The van der Waals surface area contributed by atoms with Crippen molar-refractivity contribution < 1.29 is 9.90 Å². The number of benzene rings is 2. The van der Waals surface area contributed by atoms with E-state index in [-0.39, 0.29) is 23.7 Å². The third-order valence-corrected chi connectivity index (χ3v) is 2.95. The molecule has 0 fully saturated rings. The molecule has 4 nitrogen and oxygen atoms in total. The highest BCUT2D eigenvalue weighted by Crippen LogP contribution is 2.29. The zero-order valence-corrected chi connectivity index (χ0v) is 12.0. The molecule has 0 aromatic heterocycles. The number of hydrogen-bond acceptors (Lipinski definition) is 3. The van der Waals surface area contributed by atoms with Crippen molar-refractivity contribution in [2.45, 2.75) is 26.3 Å². The van der Waals surface area contributed by atoms with Gasteiger partial charge in [0.05, 0.1) is 6.54 Å². The number of fused-ring (bicyclic) bond motifs is 1. The van der Waals surface area contributed by atoms with Gasteiger partial charge in [-0.1, -0.05) is 24.3 Å². The molecule has 0 aliphatic carbocycles. The summed E-state index contributed by atoms with van der Waals surface area (Å²) < 4.78 is 0. The number of anilines is 1. The summed E-state index contributed by atoms with van der Waals surface area (Å²) in [6, 6.07) is 10.7. The third-order valence-electron chi connectivity index (χ3n) is 2.95. The van der Waals surface area contributed by atoms with Crippen LogP contribution in [0.25, 0.3) is 10.8 Å². The Morgan fingerprint density at radius 3 is 2.45 bits per heavy atom. The summed E-state index contributed by atoms with van der Waals surface area (Å²) in [7, 11) is 0. The molecule has 3 N–H and O–H groups in total. The van der Waals surface area contributed by atoms with Crippen LogP contribution in [0.1, 0.15) is 20.8 Å². The van der Waals surface area contributed by atoms with E-state index in [1.807, 2.05) is 45.0 Å². The van der Waals surface area contributed by atoms with Gasteiger partial charge in [0, 0.05) is 22.0 Å². The van der Waals surface area contributed by atoms with E-state index in [9.17, 15) is 9.90 Å². The molecule has 0 unspecified atom stereocenters. The average molecular weight is 272 g/mol. The van der Waals surface area contributed by atoms with Gasteiger partial charge in [0.1, 0.15) is 5.75 Å². The number of hydrogen-bond donors (Lipinski definition) is 3. The number of nitrogens with one attached hydrogen (secondary N) is 2. The van der Waals surface area contributed by atoms with Gasteiger partial charge in [0.15, 0.2) is 0 Å². The van der Waals surface area contributed by atoms with Crippen LogP contribution in [0.3, 0.4) is 0 Å². The second-order valence-corrected chi connectivity index (χ2v) is 5.83. The van der Waals surface area contributed by atoms with E-state index in [4.69, 9.17) is 0 Å². The second-order valence-electron chi connectivity index (χ2n) is 5.83. The van der Waals surface area contributed by atoms with Crippen molar-refractivity contribution in [1.29, 1.82) is 0 Å². The van der Waals surface area contributed by atoms with Crippen molar-refractivity contribution in [2.24, 2.45) is 0 Å². The summed E-state index contributed by atoms with van der Waals surface area (Å²) in [6.45, 7) is 6.28. The number of aromatic hydroxyl groups is 1. The normalized spacial score (nSPS) is 11.6. The van der Waals surface area contributed by atoms with E-state index in [1.54, 1.807) is 12.1 Å². The van der Waals surface area contributed by atoms with Gasteiger partial charge in [0.25, 0.3) is 0 Å².